The molecule has 0 fully saturated rings. The quantitative estimate of drug-likeness (QED) is 0.142. The van der Waals surface area contributed by atoms with E-state index in [-0.39, 0.29) is 0 Å². The van der Waals surface area contributed by atoms with E-state index in [0.29, 0.717) is 11.4 Å². The third-order valence-corrected chi connectivity index (χ3v) is 30.6. The molecular weight excluding hydrogens is 1710 g/mol. The molecule has 0 aliphatic heterocycles. The molecule has 0 N–H and O–H groups in total. The van der Waals surface area contributed by atoms with Gasteiger partial charge in [-0.1, -0.05) is 212 Å². The SMILES string of the molecule is CCn1c2ccccc2c2cc(-n3c4ccc(C)cc4c4cc(-c5cccc6sc7ccccc7c56)ccc43)ccc21.[C-]#[N+]c1ccc2c(c1)c1cc(-c3cccc4c3oc3ccc(-n5c6ccccc6c6ccccc65)cc34)ccc1n2-c1ccc2oc3ccccc3c2c1.[C-]#[N+]c1ccc2c(c1)c1cc(-c3cccc4sc5ccccc5c34)ccc1n2-c1ccc2oc3ccccc3c2c1. The number of aryl methyl sites for hydroxylation is 2. The predicted molar refractivity (Wildman–Crippen MR) is 577 cm³/mol. The monoisotopic (exact) mass is 1790 g/mol. The first-order valence-electron chi connectivity index (χ1n) is 46.2. The number of hydrogen-bond donors (Lipinski definition) is 0. The van der Waals surface area contributed by atoms with Crippen LogP contribution in [0.1, 0.15) is 12.5 Å². The lowest BCUT2D eigenvalue weighted by Crippen LogP contribution is -1.95. The molecule has 640 valence electrons. The Labute approximate surface area is 790 Å². The first-order valence-corrected chi connectivity index (χ1v) is 47.9. The van der Waals surface area contributed by atoms with E-state index in [1.54, 1.807) is 0 Å². The fourth-order valence-electron chi connectivity index (χ4n) is 22.2. The zero-order valence-electron chi connectivity index (χ0n) is 74.1. The largest absolute Gasteiger partial charge is 0.456 e. The van der Waals surface area contributed by atoms with E-state index in [2.05, 4.69) is 398 Å². The van der Waals surface area contributed by atoms with Crippen molar-refractivity contribution in [2.75, 3.05) is 0 Å². The van der Waals surface area contributed by atoms with Gasteiger partial charge in [-0.2, -0.15) is 0 Å². The smallest absolute Gasteiger partial charge is 0.188 e. The Morgan fingerprint density at radius 2 is 0.547 bits per heavy atom. The minimum Gasteiger partial charge on any atom is -0.456 e. The highest BCUT2D eigenvalue weighted by atomic mass is 32.1. The zero-order valence-corrected chi connectivity index (χ0v) is 75.7. The number of rotatable bonds is 8. The second-order valence-electron chi connectivity index (χ2n) is 35.8. The van der Waals surface area contributed by atoms with Crippen LogP contribution in [0.2, 0.25) is 0 Å². The summed E-state index contributed by atoms with van der Waals surface area (Å²) >= 11 is 3.72. The Balaban J connectivity index is 0.000000103. The van der Waals surface area contributed by atoms with Crippen LogP contribution in [0.4, 0.5) is 11.4 Å². The summed E-state index contributed by atoms with van der Waals surface area (Å²) < 4.78 is 36.1. The summed E-state index contributed by atoms with van der Waals surface area (Å²) in [4.78, 5) is 7.55. The standard InChI is InChI=1S/C49H27N3O2.C39H28N2S.C37H20N2OS/c1-50-30-18-22-45-39(26-30)38-25-29(17-21-44(38)52(45)31-19-23-47-40(27-31)36-11-4-7-16-46(36)53-47)33-12-8-13-37-41-28-32(20-24-48(41)54-49(33)37)51-42-14-5-2-9-34(42)35-10-3-6-15-43(35)51;1-3-40-33-12-6-4-9-28(33)32-23-26(17-20-34(32)40)41-35-18-15-24(2)21-30(35)31-22-25(16-19-36(31)41)27-11-8-14-38-39(27)29-10-5-7-13-37(29)42-38;1-38-23-14-17-32-29(20-23)28-19-22(25-9-6-12-36-37(25)27-8-3-5-11-35(27)41-36)13-16-31(28)39(32)24-15-18-34-30(21-24)26-7-2-4-10-33(26)40-34/h2-28H;4-23H,3H2,1-2H3;2-21H. The highest BCUT2D eigenvalue weighted by Crippen LogP contribution is 2.49. The number of fused-ring (bicyclic) bond motifs is 30. The van der Waals surface area contributed by atoms with E-state index in [9.17, 15) is 0 Å². The summed E-state index contributed by atoms with van der Waals surface area (Å²) in [5.74, 6) is 0. The molecule has 20 aromatic carbocycles. The number of para-hydroxylation sites is 6. The van der Waals surface area contributed by atoms with Gasteiger partial charge in [-0.25, -0.2) is 9.69 Å². The molecule has 137 heavy (non-hydrogen) atoms. The topological polar surface area (TPSA) is 72.8 Å². The van der Waals surface area contributed by atoms with Crippen LogP contribution in [0.25, 0.3) is 281 Å². The summed E-state index contributed by atoms with van der Waals surface area (Å²) in [5.41, 5.74) is 30.9. The van der Waals surface area contributed by atoms with Gasteiger partial charge in [0.15, 0.2) is 11.4 Å². The Morgan fingerprint density at radius 3 is 1.03 bits per heavy atom. The van der Waals surface area contributed by atoms with Crippen molar-refractivity contribution in [3.8, 4) is 56.1 Å². The fraction of sp³-hybridized carbons (Fsp3) is 0.0240. The van der Waals surface area contributed by atoms with Gasteiger partial charge in [-0.3, -0.25) is 0 Å². The van der Waals surface area contributed by atoms with Gasteiger partial charge < -0.3 is 36.1 Å². The lowest BCUT2D eigenvalue weighted by atomic mass is 9.98. The van der Waals surface area contributed by atoms with Gasteiger partial charge in [0.1, 0.15) is 33.5 Å². The molecule has 0 saturated heterocycles. The van der Waals surface area contributed by atoms with Gasteiger partial charge in [0.2, 0.25) is 0 Å². The van der Waals surface area contributed by atoms with Crippen molar-refractivity contribution in [3.05, 3.63) is 435 Å². The van der Waals surface area contributed by atoms with Gasteiger partial charge in [-0.15, -0.1) is 22.7 Å². The van der Waals surface area contributed by atoms with E-state index in [0.717, 1.165) is 144 Å². The molecule has 30 aromatic rings. The number of aromatic nitrogens is 5. The van der Waals surface area contributed by atoms with Crippen molar-refractivity contribution in [2.24, 2.45) is 0 Å². The molecule has 0 aliphatic rings. The lowest BCUT2D eigenvalue weighted by Gasteiger charge is -2.10. The third kappa shape index (κ3) is 12.0. The average Bonchev–Trinajstić information content (AvgIpc) is 1.59. The second-order valence-corrected chi connectivity index (χ2v) is 37.9. The molecule has 0 spiro atoms. The molecule has 0 atom stereocenters. The van der Waals surface area contributed by atoms with Crippen molar-refractivity contribution in [1.29, 1.82) is 0 Å². The van der Waals surface area contributed by atoms with Gasteiger partial charge in [0, 0.05) is 162 Å². The normalized spacial score (nSPS) is 12.0. The Hall–Kier alpha value is -17.8. The van der Waals surface area contributed by atoms with Gasteiger partial charge in [0.25, 0.3) is 0 Å². The summed E-state index contributed by atoms with van der Waals surface area (Å²) in [6.45, 7) is 20.9. The van der Waals surface area contributed by atoms with E-state index < -0.39 is 0 Å². The minimum atomic E-state index is 0.613. The third-order valence-electron chi connectivity index (χ3n) is 28.3. The molecular formula is C125H75N7O3S2. The summed E-state index contributed by atoms with van der Waals surface area (Å²) in [6.07, 6.45) is 0. The van der Waals surface area contributed by atoms with Crippen LogP contribution in [-0.4, -0.2) is 22.8 Å². The van der Waals surface area contributed by atoms with Crippen LogP contribution >= 0.6 is 22.7 Å². The maximum absolute atomic E-state index is 7.80. The molecule has 12 heteroatoms. The average molecular weight is 1790 g/mol. The molecule has 0 unspecified atom stereocenters. The van der Waals surface area contributed by atoms with Crippen molar-refractivity contribution >= 4 is 249 Å². The summed E-state index contributed by atoms with van der Waals surface area (Å²) in [7, 11) is 0. The van der Waals surface area contributed by atoms with E-state index >= 15 is 0 Å². The minimum absolute atomic E-state index is 0.613. The number of thiophene rings is 2. The van der Waals surface area contributed by atoms with Crippen LogP contribution < -0.4 is 0 Å². The van der Waals surface area contributed by atoms with Crippen LogP contribution in [0.5, 0.6) is 0 Å². The van der Waals surface area contributed by atoms with Crippen LogP contribution in [-0.2, 0) is 6.54 Å². The molecule has 0 saturated carbocycles. The second kappa shape index (κ2) is 30.4. The molecule has 10 heterocycles. The summed E-state index contributed by atoms with van der Waals surface area (Å²) in [5, 5.41) is 23.8. The Bertz CT molecular complexity index is 10500. The Morgan fingerprint density at radius 1 is 0.234 bits per heavy atom. The first kappa shape index (κ1) is 77.9. The van der Waals surface area contributed by atoms with Crippen molar-refractivity contribution < 1.29 is 13.3 Å². The molecule has 0 radical (unpaired) electrons. The van der Waals surface area contributed by atoms with Crippen LogP contribution in [0.15, 0.2) is 420 Å². The number of benzene rings is 20. The molecule has 10 nitrogen and oxygen atoms in total. The van der Waals surface area contributed by atoms with E-state index in [1.165, 1.54) is 139 Å². The lowest BCUT2D eigenvalue weighted by molar-refractivity contribution is 0.668. The number of hydrogen-bond acceptors (Lipinski definition) is 5. The van der Waals surface area contributed by atoms with Crippen LogP contribution in [0.3, 0.4) is 0 Å². The number of furan rings is 3. The fourth-order valence-corrected chi connectivity index (χ4v) is 24.5. The highest BCUT2D eigenvalue weighted by Gasteiger charge is 2.25. The van der Waals surface area contributed by atoms with E-state index in [4.69, 9.17) is 26.4 Å². The maximum atomic E-state index is 7.80. The Kier molecular flexibility index (Phi) is 17.3. The van der Waals surface area contributed by atoms with Crippen molar-refractivity contribution in [3.63, 3.8) is 0 Å². The van der Waals surface area contributed by atoms with E-state index in [1.807, 2.05) is 77.3 Å². The molecule has 0 amide bonds. The first-order chi connectivity index (χ1) is 67.7. The van der Waals surface area contributed by atoms with Gasteiger partial charge >= 0.3 is 0 Å². The zero-order chi connectivity index (χ0) is 90.5. The van der Waals surface area contributed by atoms with Crippen molar-refractivity contribution in [2.45, 2.75) is 20.4 Å². The van der Waals surface area contributed by atoms with Gasteiger partial charge in [0.05, 0.1) is 57.3 Å². The van der Waals surface area contributed by atoms with Crippen LogP contribution in [0, 0.1) is 20.1 Å². The summed E-state index contributed by atoms with van der Waals surface area (Å²) in [6, 6.07) is 145. The maximum Gasteiger partial charge on any atom is 0.188 e. The highest BCUT2D eigenvalue weighted by molar-refractivity contribution is 7.26. The molecule has 30 rings (SSSR count). The number of nitrogens with zero attached hydrogens (tertiary/aromatic N) is 7. The molecule has 0 bridgehead atoms. The predicted octanol–water partition coefficient (Wildman–Crippen LogP) is 36.4. The molecule has 0 aliphatic carbocycles. The van der Waals surface area contributed by atoms with Gasteiger partial charge in [-0.05, 0) is 253 Å². The molecule has 10 aromatic heterocycles. The van der Waals surface area contributed by atoms with Crippen molar-refractivity contribution in [1.82, 2.24) is 22.8 Å².